The van der Waals surface area contributed by atoms with Crippen molar-refractivity contribution in [3.63, 3.8) is 0 Å². The van der Waals surface area contributed by atoms with E-state index in [1.807, 2.05) is 52.0 Å². The van der Waals surface area contributed by atoms with Gasteiger partial charge >= 0.3 is 0 Å². The molecule has 0 saturated heterocycles. The van der Waals surface area contributed by atoms with Crippen LogP contribution in [0.2, 0.25) is 0 Å². The highest BCUT2D eigenvalue weighted by Gasteiger charge is 2.35. The van der Waals surface area contributed by atoms with Gasteiger partial charge in [-0.05, 0) is 63.6 Å². The van der Waals surface area contributed by atoms with E-state index in [9.17, 15) is 13.2 Å². The van der Waals surface area contributed by atoms with Gasteiger partial charge in [-0.25, -0.2) is 8.42 Å². The van der Waals surface area contributed by atoms with Crippen LogP contribution in [0.5, 0.6) is 5.75 Å². The molecule has 0 aliphatic carbocycles. The lowest BCUT2D eigenvalue weighted by atomic mass is 9.89. The molecule has 0 saturated carbocycles. The van der Waals surface area contributed by atoms with Crippen molar-refractivity contribution < 1.29 is 17.9 Å². The second kappa shape index (κ2) is 9.14. The summed E-state index contributed by atoms with van der Waals surface area (Å²) < 4.78 is 34.4. The number of carbonyl (C=O) groups is 1. The lowest BCUT2D eigenvalue weighted by Gasteiger charge is -2.38. The number of carbonyl (C=O) groups excluding carboxylic acids is 1. The van der Waals surface area contributed by atoms with Gasteiger partial charge in [0, 0.05) is 12.0 Å². The Morgan fingerprint density at radius 2 is 1.71 bits per heavy atom. The first-order valence-electron chi connectivity index (χ1n) is 11.3. The molecule has 1 unspecified atom stereocenters. The number of hydrogen-bond donors (Lipinski definition) is 1. The molecule has 1 atom stereocenters. The minimum atomic E-state index is -3.95. The number of sulfonamides is 1. The Balaban J connectivity index is 1.65. The molecule has 1 heterocycles. The molecule has 4 rings (SSSR count). The van der Waals surface area contributed by atoms with Crippen LogP contribution in [0.15, 0.2) is 77.7 Å². The molecule has 1 aliphatic heterocycles. The van der Waals surface area contributed by atoms with Crippen molar-refractivity contribution in [2.24, 2.45) is 0 Å². The van der Waals surface area contributed by atoms with Gasteiger partial charge in [0.05, 0.1) is 16.6 Å². The smallest absolute Gasteiger partial charge is 0.264 e. The van der Waals surface area contributed by atoms with Gasteiger partial charge in [-0.1, -0.05) is 48.0 Å². The lowest BCUT2D eigenvalue weighted by Crippen LogP contribution is -2.45. The van der Waals surface area contributed by atoms with Crippen LogP contribution >= 0.6 is 0 Å². The van der Waals surface area contributed by atoms with Crippen molar-refractivity contribution in [2.75, 3.05) is 10.8 Å². The molecular weight excluding hydrogens is 448 g/mol. The average Bonchev–Trinajstić information content (AvgIpc) is 2.78. The first kappa shape index (κ1) is 23.8. The maximum absolute atomic E-state index is 13.5. The fraction of sp³-hybridized carbons (Fsp3) is 0.296. The number of amides is 1. The zero-order valence-electron chi connectivity index (χ0n) is 19.9. The van der Waals surface area contributed by atoms with E-state index in [0.29, 0.717) is 12.1 Å². The molecule has 0 spiro atoms. The maximum atomic E-state index is 13.5. The van der Waals surface area contributed by atoms with Crippen LogP contribution in [0.3, 0.4) is 0 Å². The van der Waals surface area contributed by atoms with Crippen molar-refractivity contribution in [2.45, 2.75) is 50.7 Å². The van der Waals surface area contributed by atoms with Crippen LogP contribution in [-0.2, 0) is 14.8 Å². The molecular formula is C27H30N2O4S. The predicted molar refractivity (Wildman–Crippen MR) is 134 cm³/mol. The van der Waals surface area contributed by atoms with Gasteiger partial charge in [-0.3, -0.25) is 9.10 Å². The van der Waals surface area contributed by atoms with Crippen LogP contribution in [0.1, 0.15) is 43.0 Å². The number of anilines is 1. The SMILES string of the molecule is Cc1cccc(N(CC(=O)NC2CC(C)(C)Oc3ccc(C)cc32)S(=O)(=O)c2ccccc2)c1. The monoisotopic (exact) mass is 478 g/mol. The van der Waals surface area contributed by atoms with Crippen LogP contribution in [-0.4, -0.2) is 26.5 Å². The van der Waals surface area contributed by atoms with E-state index in [4.69, 9.17) is 4.74 Å². The van der Waals surface area contributed by atoms with Gasteiger partial charge in [0.15, 0.2) is 0 Å². The van der Waals surface area contributed by atoms with Crippen LogP contribution in [0.25, 0.3) is 0 Å². The number of aryl methyl sites for hydroxylation is 2. The number of benzene rings is 3. The topological polar surface area (TPSA) is 75.7 Å². The second-order valence-electron chi connectivity index (χ2n) is 9.39. The summed E-state index contributed by atoms with van der Waals surface area (Å²) in [5.41, 5.74) is 2.85. The van der Waals surface area contributed by atoms with Crippen molar-refractivity contribution >= 4 is 21.6 Å². The van der Waals surface area contributed by atoms with Gasteiger partial charge < -0.3 is 10.1 Å². The molecule has 178 valence electrons. The summed E-state index contributed by atoms with van der Waals surface area (Å²) in [6, 6.07) is 20.9. The third-order valence-corrected chi connectivity index (χ3v) is 7.65. The lowest BCUT2D eigenvalue weighted by molar-refractivity contribution is -0.120. The number of ether oxygens (including phenoxy) is 1. The fourth-order valence-corrected chi connectivity index (χ4v) is 5.72. The number of rotatable bonds is 6. The van der Waals surface area contributed by atoms with Gasteiger partial charge in [0.2, 0.25) is 5.91 Å². The fourth-order valence-electron chi connectivity index (χ4n) is 4.29. The molecule has 7 heteroatoms. The summed E-state index contributed by atoms with van der Waals surface area (Å²) in [6.07, 6.45) is 0.574. The van der Waals surface area contributed by atoms with Crippen molar-refractivity contribution in [3.8, 4) is 5.75 Å². The molecule has 1 amide bonds. The highest BCUT2D eigenvalue weighted by molar-refractivity contribution is 7.92. The van der Waals surface area contributed by atoms with Crippen molar-refractivity contribution in [1.82, 2.24) is 5.32 Å². The Morgan fingerprint density at radius 1 is 1.00 bits per heavy atom. The third kappa shape index (κ3) is 5.09. The minimum absolute atomic E-state index is 0.137. The molecule has 6 nitrogen and oxygen atoms in total. The highest BCUT2D eigenvalue weighted by atomic mass is 32.2. The Morgan fingerprint density at radius 3 is 2.41 bits per heavy atom. The normalized spacial score (nSPS) is 16.8. The van der Waals surface area contributed by atoms with Crippen LogP contribution < -0.4 is 14.4 Å². The highest BCUT2D eigenvalue weighted by Crippen LogP contribution is 2.40. The number of nitrogens with zero attached hydrogens (tertiary/aromatic N) is 1. The zero-order chi connectivity index (χ0) is 24.5. The largest absolute Gasteiger partial charge is 0.487 e. The molecule has 34 heavy (non-hydrogen) atoms. The quantitative estimate of drug-likeness (QED) is 0.546. The molecule has 3 aromatic carbocycles. The molecule has 1 N–H and O–H groups in total. The van der Waals surface area contributed by atoms with E-state index < -0.39 is 15.6 Å². The van der Waals surface area contributed by atoms with Gasteiger partial charge in [0.25, 0.3) is 10.0 Å². The standard InChI is InChI=1S/C27H30N2O4S/c1-19-9-8-10-21(15-19)29(34(31,32)22-11-6-5-7-12-22)18-26(30)28-24-17-27(3,4)33-25-14-13-20(2)16-23(24)25/h5-16,24H,17-18H2,1-4H3,(H,28,30). The second-order valence-corrected chi connectivity index (χ2v) is 11.3. The van der Waals surface area contributed by atoms with E-state index >= 15 is 0 Å². The maximum Gasteiger partial charge on any atom is 0.264 e. The van der Waals surface area contributed by atoms with Crippen molar-refractivity contribution in [1.29, 1.82) is 0 Å². The van der Waals surface area contributed by atoms with Crippen molar-refractivity contribution in [3.05, 3.63) is 89.5 Å². The number of hydrogen-bond acceptors (Lipinski definition) is 4. The Kier molecular flexibility index (Phi) is 6.41. The summed E-state index contributed by atoms with van der Waals surface area (Å²) in [7, 11) is -3.95. The van der Waals surface area contributed by atoms with E-state index in [-0.39, 0.29) is 23.4 Å². The molecule has 0 bridgehead atoms. The van der Waals surface area contributed by atoms with Crippen LogP contribution in [0.4, 0.5) is 5.69 Å². The molecule has 0 fully saturated rings. The minimum Gasteiger partial charge on any atom is -0.487 e. The third-order valence-electron chi connectivity index (χ3n) is 5.87. The van der Waals surface area contributed by atoms with Gasteiger partial charge in [-0.2, -0.15) is 0 Å². The Hall–Kier alpha value is -3.32. The average molecular weight is 479 g/mol. The summed E-state index contributed by atoms with van der Waals surface area (Å²) in [5, 5.41) is 3.07. The number of fused-ring (bicyclic) bond motifs is 1. The zero-order valence-corrected chi connectivity index (χ0v) is 20.7. The summed E-state index contributed by atoms with van der Waals surface area (Å²) in [5.74, 6) is 0.357. The number of nitrogens with one attached hydrogen (secondary N) is 1. The molecule has 0 radical (unpaired) electrons. The summed E-state index contributed by atoms with van der Waals surface area (Å²) in [6.45, 7) is 7.51. The predicted octanol–water partition coefficient (Wildman–Crippen LogP) is 4.92. The van der Waals surface area contributed by atoms with Gasteiger partial charge in [0.1, 0.15) is 17.9 Å². The Labute approximate surface area is 201 Å². The summed E-state index contributed by atoms with van der Waals surface area (Å²) in [4.78, 5) is 13.4. The summed E-state index contributed by atoms with van der Waals surface area (Å²) >= 11 is 0. The first-order valence-corrected chi connectivity index (χ1v) is 12.7. The molecule has 1 aliphatic rings. The van der Waals surface area contributed by atoms with E-state index in [1.54, 1.807) is 36.4 Å². The van der Waals surface area contributed by atoms with E-state index in [1.165, 1.54) is 16.4 Å². The molecule has 3 aromatic rings. The van der Waals surface area contributed by atoms with Crippen LogP contribution in [0, 0.1) is 13.8 Å². The van der Waals surface area contributed by atoms with E-state index in [2.05, 4.69) is 5.32 Å². The van der Waals surface area contributed by atoms with Gasteiger partial charge in [-0.15, -0.1) is 0 Å². The van der Waals surface area contributed by atoms with E-state index in [0.717, 1.165) is 22.4 Å². The molecule has 0 aromatic heterocycles. The Bertz CT molecular complexity index is 1300. The first-order chi connectivity index (χ1) is 16.0.